The fourth-order valence-electron chi connectivity index (χ4n) is 8.37. The van der Waals surface area contributed by atoms with Crippen LogP contribution >= 0.6 is 11.3 Å². The van der Waals surface area contributed by atoms with Crippen molar-refractivity contribution >= 4 is 59.3 Å². The Morgan fingerprint density at radius 2 is 1.00 bits per heavy atom. The molecule has 10 rings (SSSR count). The first kappa shape index (κ1) is 29.9. The normalized spacial score (nSPS) is 13.1. The van der Waals surface area contributed by atoms with Gasteiger partial charge < -0.3 is 4.90 Å². The van der Waals surface area contributed by atoms with Crippen LogP contribution in [0.4, 0.5) is 17.1 Å². The number of rotatable bonds is 5. The molecule has 0 spiro atoms. The second-order valence-corrected chi connectivity index (χ2v) is 15.2. The molecule has 1 nitrogen and oxygen atoms in total. The molecule has 1 aromatic heterocycles. The monoisotopic (exact) mass is 669 g/mol. The van der Waals surface area contributed by atoms with Gasteiger partial charge >= 0.3 is 0 Å². The molecule has 0 saturated carbocycles. The SMILES string of the molecule is CC1(C)c2ccccc2-c2ccc(N(c3ccc(-c4ccccc4-c4ccccc4)cc3)c3cccc4c3ccc3c5ccccc5sc43)cc21. The highest BCUT2D eigenvalue weighted by atomic mass is 32.1. The van der Waals surface area contributed by atoms with Crippen molar-refractivity contribution in [3.8, 4) is 33.4 Å². The molecule has 0 bridgehead atoms. The van der Waals surface area contributed by atoms with Crippen LogP contribution in [0.1, 0.15) is 25.0 Å². The molecule has 51 heavy (non-hydrogen) atoms. The Kier molecular flexibility index (Phi) is 6.78. The van der Waals surface area contributed by atoms with Gasteiger partial charge in [0.1, 0.15) is 0 Å². The van der Waals surface area contributed by atoms with E-state index in [9.17, 15) is 0 Å². The van der Waals surface area contributed by atoms with Crippen molar-refractivity contribution in [1.82, 2.24) is 0 Å². The van der Waals surface area contributed by atoms with Crippen LogP contribution < -0.4 is 4.90 Å². The van der Waals surface area contributed by atoms with Gasteiger partial charge in [0, 0.05) is 47.7 Å². The highest BCUT2D eigenvalue weighted by Gasteiger charge is 2.35. The third-order valence-corrected chi connectivity index (χ3v) is 12.1. The second kappa shape index (κ2) is 11.6. The van der Waals surface area contributed by atoms with Crippen molar-refractivity contribution in [2.45, 2.75) is 19.3 Å². The summed E-state index contributed by atoms with van der Waals surface area (Å²) in [4.78, 5) is 2.47. The van der Waals surface area contributed by atoms with E-state index in [4.69, 9.17) is 0 Å². The van der Waals surface area contributed by atoms with Crippen LogP contribution in [0.2, 0.25) is 0 Å². The summed E-state index contributed by atoms with van der Waals surface area (Å²) in [5, 5.41) is 5.19. The Morgan fingerprint density at radius 1 is 0.412 bits per heavy atom. The van der Waals surface area contributed by atoms with Gasteiger partial charge in [0.2, 0.25) is 0 Å². The summed E-state index contributed by atoms with van der Waals surface area (Å²) in [7, 11) is 0. The fourth-order valence-corrected chi connectivity index (χ4v) is 9.60. The lowest BCUT2D eigenvalue weighted by Gasteiger charge is -2.29. The number of benzene rings is 8. The van der Waals surface area contributed by atoms with Crippen molar-refractivity contribution in [2.75, 3.05) is 4.90 Å². The van der Waals surface area contributed by atoms with E-state index in [1.165, 1.54) is 81.1 Å². The summed E-state index contributed by atoms with van der Waals surface area (Å²) in [6.07, 6.45) is 0. The van der Waals surface area contributed by atoms with Crippen LogP contribution in [0, 0.1) is 0 Å². The molecule has 1 aliphatic carbocycles. The van der Waals surface area contributed by atoms with E-state index in [-0.39, 0.29) is 5.41 Å². The van der Waals surface area contributed by atoms with Crippen LogP contribution in [0.5, 0.6) is 0 Å². The predicted molar refractivity (Wildman–Crippen MR) is 220 cm³/mol. The zero-order valence-electron chi connectivity index (χ0n) is 28.6. The lowest BCUT2D eigenvalue weighted by molar-refractivity contribution is 0.660. The highest BCUT2D eigenvalue weighted by Crippen LogP contribution is 2.51. The molecule has 0 unspecified atom stereocenters. The first-order chi connectivity index (χ1) is 25.1. The van der Waals surface area contributed by atoms with Gasteiger partial charge in [0.15, 0.2) is 0 Å². The highest BCUT2D eigenvalue weighted by molar-refractivity contribution is 7.26. The quantitative estimate of drug-likeness (QED) is 0.176. The van der Waals surface area contributed by atoms with Gasteiger partial charge in [-0.2, -0.15) is 0 Å². The topological polar surface area (TPSA) is 3.24 Å². The molecule has 0 N–H and O–H groups in total. The lowest BCUT2D eigenvalue weighted by Crippen LogP contribution is -2.16. The first-order valence-electron chi connectivity index (χ1n) is 17.7. The van der Waals surface area contributed by atoms with Gasteiger partial charge in [-0.05, 0) is 80.9 Å². The fraction of sp³-hybridized carbons (Fsp3) is 0.0612. The van der Waals surface area contributed by atoms with Crippen LogP contribution in [-0.4, -0.2) is 0 Å². The first-order valence-corrected chi connectivity index (χ1v) is 18.5. The number of nitrogens with zero attached hydrogens (tertiary/aromatic N) is 1. The van der Waals surface area contributed by atoms with Crippen molar-refractivity contribution in [3.05, 3.63) is 187 Å². The molecule has 2 heteroatoms. The molecule has 0 fully saturated rings. The van der Waals surface area contributed by atoms with Crippen LogP contribution in [-0.2, 0) is 5.41 Å². The molecule has 0 radical (unpaired) electrons. The molecule has 0 aliphatic heterocycles. The van der Waals surface area contributed by atoms with Gasteiger partial charge in [-0.25, -0.2) is 0 Å². The summed E-state index contributed by atoms with van der Waals surface area (Å²) in [5.74, 6) is 0. The average molecular weight is 670 g/mol. The lowest BCUT2D eigenvalue weighted by atomic mass is 9.82. The smallest absolute Gasteiger partial charge is 0.0540 e. The zero-order valence-corrected chi connectivity index (χ0v) is 29.4. The Morgan fingerprint density at radius 3 is 1.80 bits per heavy atom. The third kappa shape index (κ3) is 4.67. The molecule has 8 aromatic carbocycles. The van der Waals surface area contributed by atoms with Crippen molar-refractivity contribution in [1.29, 1.82) is 0 Å². The van der Waals surface area contributed by atoms with E-state index in [0.717, 1.165) is 11.4 Å². The summed E-state index contributed by atoms with van der Waals surface area (Å²) in [6.45, 7) is 4.72. The molecule has 9 aromatic rings. The standard InChI is InChI=1S/C49H35NS/c1-49(2)44-20-10-8-17-38(44)39-28-27-35(31-45(39)49)50(34-25-23-33(24-26-34)37-16-7-6-15-36(37)32-13-4-3-5-14-32)46-21-12-19-42-40(46)29-30-43-41-18-9-11-22-47(41)51-48(42)43/h3-31H,1-2H3. The number of fused-ring (bicyclic) bond motifs is 8. The minimum atomic E-state index is -0.0966. The largest absolute Gasteiger partial charge is 0.310 e. The summed E-state index contributed by atoms with van der Waals surface area (Å²) in [6, 6.07) is 64.8. The third-order valence-electron chi connectivity index (χ3n) is 10.9. The number of anilines is 3. The number of hydrogen-bond acceptors (Lipinski definition) is 2. The van der Waals surface area contributed by atoms with E-state index in [0.29, 0.717) is 0 Å². The minimum absolute atomic E-state index is 0.0966. The maximum atomic E-state index is 2.47. The van der Waals surface area contributed by atoms with E-state index in [1.807, 2.05) is 11.3 Å². The Balaban J connectivity index is 1.17. The van der Waals surface area contributed by atoms with E-state index < -0.39 is 0 Å². The summed E-state index contributed by atoms with van der Waals surface area (Å²) >= 11 is 1.89. The Labute approximate surface area is 302 Å². The minimum Gasteiger partial charge on any atom is -0.310 e. The van der Waals surface area contributed by atoms with Gasteiger partial charge in [-0.3, -0.25) is 0 Å². The Bertz CT molecular complexity index is 2770. The van der Waals surface area contributed by atoms with E-state index in [2.05, 4.69) is 195 Å². The molecule has 242 valence electrons. The van der Waals surface area contributed by atoms with Gasteiger partial charge in [0.05, 0.1) is 5.69 Å². The van der Waals surface area contributed by atoms with E-state index in [1.54, 1.807) is 0 Å². The molecule has 1 aliphatic rings. The number of thiophene rings is 1. The molecular weight excluding hydrogens is 635 g/mol. The molecule has 1 heterocycles. The number of hydrogen-bond donors (Lipinski definition) is 0. The van der Waals surface area contributed by atoms with E-state index >= 15 is 0 Å². The molecule has 0 amide bonds. The Hall–Kier alpha value is -5.96. The molecular formula is C49H35NS. The van der Waals surface area contributed by atoms with Gasteiger partial charge in [-0.15, -0.1) is 11.3 Å². The van der Waals surface area contributed by atoms with Gasteiger partial charge in [0.25, 0.3) is 0 Å². The second-order valence-electron chi connectivity index (χ2n) is 14.1. The van der Waals surface area contributed by atoms with Crippen molar-refractivity contribution in [2.24, 2.45) is 0 Å². The summed E-state index contributed by atoms with van der Waals surface area (Å²) in [5.41, 5.74) is 13.7. The van der Waals surface area contributed by atoms with Crippen molar-refractivity contribution in [3.63, 3.8) is 0 Å². The zero-order chi connectivity index (χ0) is 34.1. The van der Waals surface area contributed by atoms with Crippen LogP contribution in [0.15, 0.2) is 176 Å². The summed E-state index contributed by atoms with van der Waals surface area (Å²) < 4.78 is 2.67. The maximum Gasteiger partial charge on any atom is 0.0540 e. The van der Waals surface area contributed by atoms with Gasteiger partial charge in [-0.1, -0.05) is 153 Å². The van der Waals surface area contributed by atoms with Crippen LogP contribution in [0.25, 0.3) is 64.3 Å². The molecule has 0 atom stereocenters. The van der Waals surface area contributed by atoms with Crippen LogP contribution in [0.3, 0.4) is 0 Å². The predicted octanol–water partition coefficient (Wildman–Crippen LogP) is 14.3. The maximum absolute atomic E-state index is 2.47. The average Bonchev–Trinajstić information content (AvgIpc) is 3.68. The van der Waals surface area contributed by atoms with Crippen molar-refractivity contribution < 1.29 is 0 Å². The molecule has 0 saturated heterocycles.